The first kappa shape index (κ1) is 16.7. The molecule has 5 nitrogen and oxygen atoms in total. The zero-order valence-electron chi connectivity index (χ0n) is 14.7. The van der Waals surface area contributed by atoms with Crippen molar-refractivity contribution >= 4 is 22.3 Å². The van der Waals surface area contributed by atoms with Crippen LogP contribution in [-0.4, -0.2) is 22.3 Å². The second kappa shape index (κ2) is 6.88. The number of anilines is 2. The highest BCUT2D eigenvalue weighted by molar-refractivity contribution is 5.95. The van der Waals surface area contributed by atoms with Crippen LogP contribution in [0.5, 0.6) is 17.2 Å². The minimum absolute atomic E-state index is 0.106. The fourth-order valence-corrected chi connectivity index (χ4v) is 3.03. The van der Waals surface area contributed by atoms with Crippen LogP contribution in [0.1, 0.15) is 0 Å². The average molecular weight is 358 g/mol. The van der Waals surface area contributed by atoms with Gasteiger partial charge in [0.05, 0.1) is 12.6 Å². The molecule has 1 aromatic heterocycles. The Balaban J connectivity index is 1.79. The van der Waals surface area contributed by atoms with Crippen molar-refractivity contribution in [2.24, 2.45) is 0 Å². The van der Waals surface area contributed by atoms with Gasteiger partial charge in [-0.3, -0.25) is 4.98 Å². The normalized spacial score (nSPS) is 10.7. The van der Waals surface area contributed by atoms with Gasteiger partial charge in [0.1, 0.15) is 5.75 Å². The minimum atomic E-state index is 0.106. The van der Waals surface area contributed by atoms with Crippen molar-refractivity contribution in [3.05, 3.63) is 72.9 Å². The number of benzene rings is 3. The molecule has 3 N–H and O–H groups in total. The lowest BCUT2D eigenvalue weighted by molar-refractivity contribution is 0.373. The van der Waals surface area contributed by atoms with Crippen LogP contribution in [-0.2, 0) is 0 Å². The molecule has 0 radical (unpaired) electrons. The number of fused-ring (bicyclic) bond motifs is 1. The number of aromatic nitrogens is 1. The van der Waals surface area contributed by atoms with Gasteiger partial charge in [0.25, 0.3) is 0 Å². The van der Waals surface area contributed by atoms with E-state index < -0.39 is 0 Å². The van der Waals surface area contributed by atoms with Crippen molar-refractivity contribution in [2.45, 2.75) is 0 Å². The fraction of sp³-hybridized carbons (Fsp3) is 0.0455. The lowest BCUT2D eigenvalue weighted by atomic mass is 10.0. The molecule has 0 aliphatic heterocycles. The highest BCUT2D eigenvalue weighted by Gasteiger charge is 2.08. The molecular formula is C22H18N2O3. The van der Waals surface area contributed by atoms with Crippen LogP contribution in [0.4, 0.5) is 11.4 Å². The predicted molar refractivity (Wildman–Crippen MR) is 107 cm³/mol. The monoisotopic (exact) mass is 358 g/mol. The summed E-state index contributed by atoms with van der Waals surface area (Å²) in [7, 11) is 1.53. The van der Waals surface area contributed by atoms with Crippen LogP contribution < -0.4 is 10.1 Å². The number of phenolic OH excluding ortho intramolecular Hbond substituents is 2. The quantitative estimate of drug-likeness (QED) is 0.475. The SMILES string of the molecule is COc1cc(-c2ccc3nccc(Nc4cccc(O)c4)c3c2)ccc1O. The van der Waals surface area contributed by atoms with Crippen LogP contribution in [0, 0.1) is 0 Å². The molecule has 27 heavy (non-hydrogen) atoms. The Morgan fingerprint density at radius 1 is 0.889 bits per heavy atom. The molecule has 0 bridgehead atoms. The third kappa shape index (κ3) is 3.35. The van der Waals surface area contributed by atoms with Crippen molar-refractivity contribution < 1.29 is 14.9 Å². The van der Waals surface area contributed by atoms with Crippen molar-refractivity contribution in [2.75, 3.05) is 12.4 Å². The summed E-state index contributed by atoms with van der Waals surface area (Å²) in [6.07, 6.45) is 1.75. The first-order valence-corrected chi connectivity index (χ1v) is 8.46. The van der Waals surface area contributed by atoms with E-state index in [1.807, 2.05) is 36.4 Å². The highest BCUT2D eigenvalue weighted by Crippen LogP contribution is 2.34. The van der Waals surface area contributed by atoms with E-state index in [1.165, 1.54) is 7.11 Å². The molecule has 0 saturated heterocycles. The molecule has 1 heterocycles. The van der Waals surface area contributed by atoms with Crippen molar-refractivity contribution in [3.63, 3.8) is 0 Å². The van der Waals surface area contributed by atoms with E-state index in [-0.39, 0.29) is 11.5 Å². The van der Waals surface area contributed by atoms with Gasteiger partial charge in [0.15, 0.2) is 11.5 Å². The van der Waals surface area contributed by atoms with Gasteiger partial charge in [-0.05, 0) is 53.6 Å². The molecule has 4 aromatic rings. The zero-order chi connectivity index (χ0) is 18.8. The lowest BCUT2D eigenvalue weighted by Crippen LogP contribution is -1.93. The third-order valence-corrected chi connectivity index (χ3v) is 4.38. The number of methoxy groups -OCH3 is 1. The van der Waals surface area contributed by atoms with Crippen molar-refractivity contribution in [1.29, 1.82) is 0 Å². The molecule has 0 aliphatic carbocycles. The van der Waals surface area contributed by atoms with E-state index >= 15 is 0 Å². The maximum Gasteiger partial charge on any atom is 0.161 e. The van der Waals surface area contributed by atoms with Gasteiger partial charge in [-0.2, -0.15) is 0 Å². The van der Waals surface area contributed by atoms with Gasteiger partial charge >= 0.3 is 0 Å². The Bertz CT molecular complexity index is 1130. The van der Waals surface area contributed by atoms with Crippen LogP contribution >= 0.6 is 0 Å². The summed E-state index contributed by atoms with van der Waals surface area (Å²) < 4.78 is 5.21. The molecule has 0 fully saturated rings. The number of hydrogen-bond acceptors (Lipinski definition) is 5. The average Bonchev–Trinajstić information content (AvgIpc) is 2.68. The van der Waals surface area contributed by atoms with Crippen molar-refractivity contribution in [3.8, 4) is 28.4 Å². The Morgan fingerprint density at radius 2 is 1.70 bits per heavy atom. The first-order chi connectivity index (χ1) is 13.1. The maximum atomic E-state index is 9.82. The van der Waals surface area contributed by atoms with Gasteiger partial charge in [-0.15, -0.1) is 0 Å². The van der Waals surface area contributed by atoms with E-state index in [1.54, 1.807) is 36.5 Å². The number of rotatable bonds is 4. The fourth-order valence-electron chi connectivity index (χ4n) is 3.03. The minimum Gasteiger partial charge on any atom is -0.508 e. The summed E-state index contributed by atoms with van der Waals surface area (Å²) >= 11 is 0. The summed E-state index contributed by atoms with van der Waals surface area (Å²) in [6.45, 7) is 0. The molecule has 0 spiro atoms. The summed E-state index contributed by atoms with van der Waals surface area (Å²) in [6, 6.07) is 20.1. The summed E-state index contributed by atoms with van der Waals surface area (Å²) in [4.78, 5) is 4.43. The van der Waals surface area contributed by atoms with Crippen LogP contribution in [0.15, 0.2) is 72.9 Å². The number of aromatic hydroxyl groups is 2. The molecule has 0 atom stereocenters. The number of nitrogens with zero attached hydrogens (tertiary/aromatic N) is 1. The molecule has 134 valence electrons. The first-order valence-electron chi connectivity index (χ1n) is 8.46. The molecule has 3 aromatic carbocycles. The second-order valence-electron chi connectivity index (χ2n) is 6.15. The van der Waals surface area contributed by atoms with Gasteiger partial charge in [0.2, 0.25) is 0 Å². The van der Waals surface area contributed by atoms with Crippen LogP contribution in [0.25, 0.3) is 22.0 Å². The lowest BCUT2D eigenvalue weighted by Gasteiger charge is -2.12. The largest absolute Gasteiger partial charge is 0.508 e. The Morgan fingerprint density at radius 3 is 2.52 bits per heavy atom. The predicted octanol–water partition coefficient (Wildman–Crippen LogP) is 5.07. The third-order valence-electron chi connectivity index (χ3n) is 4.38. The van der Waals surface area contributed by atoms with Gasteiger partial charge in [-0.1, -0.05) is 18.2 Å². The van der Waals surface area contributed by atoms with Gasteiger partial charge in [-0.25, -0.2) is 0 Å². The number of pyridine rings is 1. The Hall–Kier alpha value is -3.73. The van der Waals surface area contributed by atoms with Crippen LogP contribution in [0.2, 0.25) is 0 Å². The molecule has 0 unspecified atom stereocenters. The number of nitrogens with one attached hydrogen (secondary N) is 1. The topological polar surface area (TPSA) is 74.6 Å². The van der Waals surface area contributed by atoms with E-state index in [4.69, 9.17) is 4.74 Å². The highest BCUT2D eigenvalue weighted by atomic mass is 16.5. The number of phenols is 2. The number of ether oxygens (including phenoxy) is 1. The van der Waals surface area contributed by atoms with Gasteiger partial charge in [0, 0.05) is 29.0 Å². The molecule has 0 aliphatic rings. The van der Waals surface area contributed by atoms with E-state index in [0.29, 0.717) is 5.75 Å². The standard InChI is InChI=1S/C22H18N2O3/c1-27-22-12-15(6-8-21(22)26)14-5-7-19-18(11-14)20(9-10-23-19)24-16-3-2-4-17(25)13-16/h2-13,25-26H,1H3,(H,23,24). The summed E-state index contributed by atoms with van der Waals surface area (Å²) in [5.41, 5.74) is 4.44. The maximum absolute atomic E-state index is 9.82. The molecule has 5 heteroatoms. The number of hydrogen-bond donors (Lipinski definition) is 3. The van der Waals surface area contributed by atoms with Crippen LogP contribution in [0.3, 0.4) is 0 Å². The Kier molecular flexibility index (Phi) is 4.26. The van der Waals surface area contributed by atoms with E-state index in [9.17, 15) is 10.2 Å². The van der Waals surface area contributed by atoms with Gasteiger partial charge < -0.3 is 20.3 Å². The smallest absolute Gasteiger partial charge is 0.161 e. The zero-order valence-corrected chi connectivity index (χ0v) is 14.7. The van der Waals surface area contributed by atoms with E-state index in [2.05, 4.69) is 10.3 Å². The molecule has 4 rings (SSSR count). The second-order valence-corrected chi connectivity index (χ2v) is 6.15. The summed E-state index contributed by atoms with van der Waals surface area (Å²) in [5, 5.41) is 23.8. The molecule has 0 amide bonds. The molecule has 0 saturated carbocycles. The van der Waals surface area contributed by atoms with Crippen molar-refractivity contribution in [1.82, 2.24) is 4.98 Å². The summed E-state index contributed by atoms with van der Waals surface area (Å²) in [5.74, 6) is 0.738. The molecular weight excluding hydrogens is 340 g/mol. The Labute approximate surface area is 156 Å². The van der Waals surface area contributed by atoms with E-state index in [0.717, 1.165) is 33.4 Å².